The summed E-state index contributed by atoms with van der Waals surface area (Å²) in [4.78, 5) is 13.3. The lowest BCUT2D eigenvalue weighted by atomic mass is 10.0. The van der Waals surface area contributed by atoms with Crippen LogP contribution < -0.4 is 5.32 Å². The summed E-state index contributed by atoms with van der Waals surface area (Å²) in [5, 5.41) is 3.62. The minimum Gasteiger partial charge on any atom is -0.337 e. The van der Waals surface area contributed by atoms with Gasteiger partial charge < -0.3 is 9.88 Å². The SMILES string of the molecule is Cc1ccc(CS(=O)(=O)c2cn(CC(=O)Nc3ccccc3-c3ccccc3)c3ccccc23)cc1. The standard InChI is InChI=1S/C30H26N2O3S/c1-22-15-17-23(18-16-22)21-36(34,35)29-19-32(28-14-8-6-12-26(28)29)20-30(33)31-27-13-7-5-11-25(27)24-9-3-2-4-10-24/h2-19H,20-21H2,1H3,(H,31,33). The van der Waals surface area contributed by atoms with Gasteiger partial charge in [-0.25, -0.2) is 8.42 Å². The van der Waals surface area contributed by atoms with Gasteiger partial charge in [0.2, 0.25) is 5.91 Å². The zero-order chi connectivity index (χ0) is 25.1. The van der Waals surface area contributed by atoms with Crippen molar-refractivity contribution in [2.45, 2.75) is 24.1 Å². The maximum absolute atomic E-state index is 13.4. The average molecular weight is 495 g/mol. The number of carbonyl (C=O) groups is 1. The Labute approximate surface area is 211 Å². The molecule has 0 saturated heterocycles. The Morgan fingerprint density at radius 3 is 2.25 bits per heavy atom. The van der Waals surface area contributed by atoms with Crippen LogP contribution >= 0.6 is 0 Å². The molecule has 1 N–H and O–H groups in total. The molecular weight excluding hydrogens is 468 g/mol. The summed E-state index contributed by atoms with van der Waals surface area (Å²) < 4.78 is 28.5. The molecule has 0 fully saturated rings. The Hall–Kier alpha value is -4.16. The summed E-state index contributed by atoms with van der Waals surface area (Å²) in [6.07, 6.45) is 1.58. The summed E-state index contributed by atoms with van der Waals surface area (Å²) in [5.41, 5.74) is 5.14. The van der Waals surface area contributed by atoms with E-state index in [9.17, 15) is 13.2 Å². The Morgan fingerprint density at radius 2 is 1.47 bits per heavy atom. The summed E-state index contributed by atoms with van der Waals surface area (Å²) in [6.45, 7) is 1.96. The molecule has 6 heteroatoms. The van der Waals surface area contributed by atoms with Gasteiger partial charge in [0.05, 0.1) is 10.6 Å². The molecule has 36 heavy (non-hydrogen) atoms. The first-order chi connectivity index (χ1) is 17.4. The third-order valence-electron chi connectivity index (χ3n) is 6.16. The first kappa shape index (κ1) is 23.6. The molecule has 5 aromatic rings. The second kappa shape index (κ2) is 9.84. The summed E-state index contributed by atoms with van der Waals surface area (Å²) in [6, 6.07) is 32.3. The van der Waals surface area contributed by atoms with Crippen LogP contribution in [0.3, 0.4) is 0 Å². The number of nitrogens with zero attached hydrogens (tertiary/aromatic N) is 1. The quantitative estimate of drug-likeness (QED) is 0.292. The largest absolute Gasteiger partial charge is 0.337 e. The molecule has 0 saturated carbocycles. The van der Waals surface area contributed by atoms with Gasteiger partial charge in [-0.2, -0.15) is 0 Å². The molecule has 0 spiro atoms. The monoisotopic (exact) mass is 494 g/mol. The van der Waals surface area contributed by atoms with Crippen LogP contribution in [0.4, 0.5) is 5.69 Å². The fraction of sp³-hybridized carbons (Fsp3) is 0.100. The highest BCUT2D eigenvalue weighted by atomic mass is 32.2. The van der Waals surface area contributed by atoms with E-state index in [0.29, 0.717) is 16.6 Å². The van der Waals surface area contributed by atoms with Crippen LogP contribution in [0, 0.1) is 6.92 Å². The molecule has 0 radical (unpaired) electrons. The maximum Gasteiger partial charge on any atom is 0.244 e. The predicted molar refractivity (Wildman–Crippen MR) is 145 cm³/mol. The minimum absolute atomic E-state index is 0.0102. The summed E-state index contributed by atoms with van der Waals surface area (Å²) in [7, 11) is -3.62. The van der Waals surface area contributed by atoms with E-state index in [1.165, 1.54) is 0 Å². The minimum atomic E-state index is -3.62. The lowest BCUT2D eigenvalue weighted by molar-refractivity contribution is -0.116. The van der Waals surface area contributed by atoms with E-state index < -0.39 is 9.84 Å². The fourth-order valence-electron chi connectivity index (χ4n) is 4.38. The zero-order valence-electron chi connectivity index (χ0n) is 19.9. The number of rotatable bonds is 7. The van der Waals surface area contributed by atoms with Gasteiger partial charge in [-0.05, 0) is 30.2 Å². The normalized spacial score (nSPS) is 11.5. The Morgan fingerprint density at radius 1 is 0.806 bits per heavy atom. The number of carbonyl (C=O) groups excluding carboxylic acids is 1. The van der Waals surface area contributed by atoms with Crippen LogP contribution in [0.25, 0.3) is 22.0 Å². The van der Waals surface area contributed by atoms with E-state index in [0.717, 1.165) is 22.3 Å². The molecule has 180 valence electrons. The van der Waals surface area contributed by atoms with Crippen LogP contribution in [-0.4, -0.2) is 18.9 Å². The topological polar surface area (TPSA) is 68.2 Å². The van der Waals surface area contributed by atoms with Crippen LogP contribution in [0.5, 0.6) is 0 Å². The van der Waals surface area contributed by atoms with Crippen molar-refractivity contribution in [3.05, 3.63) is 120 Å². The van der Waals surface area contributed by atoms with Crippen molar-refractivity contribution in [2.24, 2.45) is 0 Å². The first-order valence-corrected chi connectivity index (χ1v) is 13.4. The smallest absolute Gasteiger partial charge is 0.244 e. The van der Waals surface area contributed by atoms with Crippen molar-refractivity contribution in [1.29, 1.82) is 0 Å². The lowest BCUT2D eigenvalue weighted by Crippen LogP contribution is -2.18. The highest BCUT2D eigenvalue weighted by Crippen LogP contribution is 2.30. The number of sulfone groups is 1. The average Bonchev–Trinajstić information content (AvgIpc) is 3.25. The number of para-hydroxylation sites is 2. The molecule has 0 aliphatic carbocycles. The number of benzene rings is 4. The van der Waals surface area contributed by atoms with Gasteiger partial charge in [0.25, 0.3) is 0 Å². The molecule has 1 amide bonds. The number of hydrogen-bond acceptors (Lipinski definition) is 3. The molecule has 1 aromatic heterocycles. The lowest BCUT2D eigenvalue weighted by Gasteiger charge is -2.12. The van der Waals surface area contributed by atoms with Gasteiger partial charge in [0.15, 0.2) is 9.84 Å². The van der Waals surface area contributed by atoms with E-state index in [1.807, 2.05) is 104 Å². The molecule has 0 bridgehead atoms. The number of anilines is 1. The van der Waals surface area contributed by atoms with Crippen LogP contribution in [-0.2, 0) is 26.9 Å². The van der Waals surface area contributed by atoms with Crippen molar-refractivity contribution < 1.29 is 13.2 Å². The van der Waals surface area contributed by atoms with E-state index in [-0.39, 0.29) is 23.1 Å². The Kier molecular flexibility index (Phi) is 6.44. The first-order valence-electron chi connectivity index (χ1n) is 11.7. The molecular formula is C30H26N2O3S. The Bertz CT molecular complexity index is 1640. The second-order valence-electron chi connectivity index (χ2n) is 8.84. The van der Waals surface area contributed by atoms with Crippen LogP contribution in [0.2, 0.25) is 0 Å². The number of nitrogens with one attached hydrogen (secondary N) is 1. The number of hydrogen-bond donors (Lipinski definition) is 1. The predicted octanol–water partition coefficient (Wildman–Crippen LogP) is 6.23. The van der Waals surface area contributed by atoms with E-state index in [4.69, 9.17) is 0 Å². The van der Waals surface area contributed by atoms with Crippen molar-refractivity contribution in [2.75, 3.05) is 5.32 Å². The summed E-state index contributed by atoms with van der Waals surface area (Å²) in [5.74, 6) is -0.334. The molecule has 0 aliphatic heterocycles. The number of aryl methyl sites for hydroxylation is 1. The molecule has 4 aromatic carbocycles. The van der Waals surface area contributed by atoms with E-state index in [1.54, 1.807) is 16.8 Å². The van der Waals surface area contributed by atoms with Gasteiger partial charge in [0.1, 0.15) is 6.54 Å². The van der Waals surface area contributed by atoms with Gasteiger partial charge in [-0.1, -0.05) is 96.6 Å². The van der Waals surface area contributed by atoms with Crippen LogP contribution in [0.15, 0.2) is 114 Å². The highest BCUT2D eigenvalue weighted by molar-refractivity contribution is 7.90. The molecule has 0 atom stereocenters. The second-order valence-corrected chi connectivity index (χ2v) is 10.8. The van der Waals surface area contributed by atoms with Crippen molar-refractivity contribution >= 4 is 32.3 Å². The highest BCUT2D eigenvalue weighted by Gasteiger charge is 2.22. The maximum atomic E-state index is 13.4. The van der Waals surface area contributed by atoms with Gasteiger partial charge >= 0.3 is 0 Å². The number of aromatic nitrogens is 1. The van der Waals surface area contributed by atoms with Gasteiger partial charge in [0, 0.05) is 28.4 Å². The Balaban J connectivity index is 1.43. The molecule has 0 unspecified atom stereocenters. The van der Waals surface area contributed by atoms with Crippen molar-refractivity contribution in [1.82, 2.24) is 4.57 Å². The summed E-state index contributed by atoms with van der Waals surface area (Å²) >= 11 is 0. The van der Waals surface area contributed by atoms with Crippen LogP contribution in [0.1, 0.15) is 11.1 Å². The molecule has 1 heterocycles. The molecule has 5 nitrogen and oxygen atoms in total. The van der Waals surface area contributed by atoms with Crippen molar-refractivity contribution in [3.8, 4) is 11.1 Å². The third kappa shape index (κ3) is 4.95. The molecule has 0 aliphatic rings. The third-order valence-corrected chi connectivity index (χ3v) is 7.87. The molecule has 5 rings (SSSR count). The van der Waals surface area contributed by atoms with Gasteiger partial charge in [-0.15, -0.1) is 0 Å². The fourth-order valence-corrected chi connectivity index (χ4v) is 5.96. The van der Waals surface area contributed by atoms with E-state index >= 15 is 0 Å². The van der Waals surface area contributed by atoms with Crippen molar-refractivity contribution in [3.63, 3.8) is 0 Å². The van der Waals surface area contributed by atoms with Gasteiger partial charge in [-0.3, -0.25) is 4.79 Å². The number of fused-ring (bicyclic) bond motifs is 1. The van der Waals surface area contributed by atoms with E-state index in [2.05, 4.69) is 5.32 Å². The zero-order valence-corrected chi connectivity index (χ0v) is 20.7. The number of amides is 1.